The third-order valence-electron chi connectivity index (χ3n) is 8.28. The number of carbonyl (C=O) groups excluding carboxylic acids is 1. The number of sulfonamides is 1. The number of fused-ring (bicyclic) bond motifs is 1. The Morgan fingerprint density at radius 3 is 2.73 bits per heavy atom. The number of benzene rings is 1. The van der Waals surface area contributed by atoms with Gasteiger partial charge in [-0.3, -0.25) is 4.79 Å². The molecule has 1 aromatic rings. The molecule has 6 nitrogen and oxygen atoms in total. The summed E-state index contributed by atoms with van der Waals surface area (Å²) in [6.45, 7) is 8.18. The SMILES string of the molecule is C=CC[C@@]1(C(=O)N2[C@@H]3C[C@H]4CC[C@]3(CS2(=O)=O)C4(C)C)COC(c2ccccc2)=N1. The second-order valence-electron chi connectivity index (χ2n) is 9.82. The van der Waals surface area contributed by atoms with Gasteiger partial charge < -0.3 is 4.74 Å². The number of hydrogen-bond donors (Lipinski definition) is 0. The fraction of sp³-hybridized carbons (Fsp3) is 0.565. The second-order valence-corrected chi connectivity index (χ2v) is 11.7. The lowest BCUT2D eigenvalue weighted by Gasteiger charge is -2.38. The maximum atomic E-state index is 13.9. The van der Waals surface area contributed by atoms with E-state index >= 15 is 0 Å². The molecule has 0 N–H and O–H groups in total. The van der Waals surface area contributed by atoms with Gasteiger partial charge in [0.25, 0.3) is 5.91 Å². The molecule has 1 amide bonds. The molecule has 2 aliphatic heterocycles. The average molecular weight is 429 g/mol. The lowest BCUT2D eigenvalue weighted by Crippen LogP contribution is -2.53. The third kappa shape index (κ3) is 2.38. The van der Waals surface area contributed by atoms with E-state index in [1.165, 1.54) is 4.31 Å². The summed E-state index contributed by atoms with van der Waals surface area (Å²) in [5.74, 6) is 0.427. The number of carbonyl (C=O) groups is 1. The molecule has 0 unspecified atom stereocenters. The second kappa shape index (κ2) is 6.19. The fourth-order valence-corrected chi connectivity index (χ4v) is 9.07. The largest absolute Gasteiger partial charge is 0.474 e. The molecular formula is C23H28N2O4S. The van der Waals surface area contributed by atoms with Gasteiger partial charge in [-0.15, -0.1) is 6.58 Å². The van der Waals surface area contributed by atoms with Crippen LogP contribution in [0.25, 0.3) is 0 Å². The monoisotopic (exact) mass is 428 g/mol. The number of hydrogen-bond acceptors (Lipinski definition) is 5. The van der Waals surface area contributed by atoms with E-state index in [-0.39, 0.29) is 35.7 Å². The average Bonchev–Trinajstić information content (AvgIpc) is 3.36. The first kappa shape index (κ1) is 19.8. The normalized spacial score (nSPS) is 37.5. The van der Waals surface area contributed by atoms with Crippen LogP contribution < -0.4 is 0 Å². The van der Waals surface area contributed by atoms with Crippen LogP contribution in [0.2, 0.25) is 0 Å². The molecule has 7 heteroatoms. The van der Waals surface area contributed by atoms with Gasteiger partial charge in [-0.1, -0.05) is 38.1 Å². The van der Waals surface area contributed by atoms with Gasteiger partial charge in [0.2, 0.25) is 15.9 Å². The van der Waals surface area contributed by atoms with Crippen molar-refractivity contribution in [3.05, 3.63) is 48.6 Å². The highest BCUT2D eigenvalue weighted by atomic mass is 32.2. The van der Waals surface area contributed by atoms with Crippen LogP contribution >= 0.6 is 0 Å². The smallest absolute Gasteiger partial charge is 0.268 e. The van der Waals surface area contributed by atoms with Gasteiger partial charge in [-0.2, -0.15) is 0 Å². The number of ether oxygens (including phenoxy) is 1. The molecule has 30 heavy (non-hydrogen) atoms. The Labute approximate surface area is 178 Å². The molecule has 2 saturated carbocycles. The van der Waals surface area contributed by atoms with E-state index in [2.05, 4.69) is 25.4 Å². The van der Waals surface area contributed by atoms with Crippen molar-refractivity contribution in [2.75, 3.05) is 12.4 Å². The van der Waals surface area contributed by atoms with Gasteiger partial charge in [-0.05, 0) is 42.7 Å². The minimum Gasteiger partial charge on any atom is -0.474 e. The van der Waals surface area contributed by atoms with E-state index in [1.807, 2.05) is 30.3 Å². The van der Waals surface area contributed by atoms with Crippen LogP contribution in [-0.4, -0.2) is 48.5 Å². The number of amides is 1. The number of nitrogens with zero attached hydrogens (tertiary/aromatic N) is 2. The maximum Gasteiger partial charge on any atom is 0.268 e. The molecule has 1 aromatic carbocycles. The van der Waals surface area contributed by atoms with E-state index in [1.54, 1.807) is 6.08 Å². The number of rotatable bonds is 4. The Bertz CT molecular complexity index is 1050. The third-order valence-corrected chi connectivity index (χ3v) is 10.2. The van der Waals surface area contributed by atoms with Crippen molar-refractivity contribution in [1.29, 1.82) is 0 Å². The van der Waals surface area contributed by atoms with Crippen molar-refractivity contribution in [1.82, 2.24) is 4.31 Å². The van der Waals surface area contributed by atoms with E-state index in [9.17, 15) is 13.2 Å². The highest BCUT2D eigenvalue weighted by Gasteiger charge is 2.73. The van der Waals surface area contributed by atoms with E-state index in [4.69, 9.17) is 4.74 Å². The van der Waals surface area contributed by atoms with Gasteiger partial charge in [0.15, 0.2) is 5.54 Å². The van der Waals surface area contributed by atoms with Gasteiger partial charge in [-0.25, -0.2) is 17.7 Å². The van der Waals surface area contributed by atoms with E-state index < -0.39 is 21.5 Å². The first-order chi connectivity index (χ1) is 14.2. The minimum absolute atomic E-state index is 0.0284. The first-order valence-electron chi connectivity index (χ1n) is 10.6. The zero-order chi connectivity index (χ0) is 21.4. The van der Waals surface area contributed by atoms with Crippen molar-refractivity contribution in [2.45, 2.75) is 51.1 Å². The van der Waals surface area contributed by atoms with Crippen LogP contribution in [0.4, 0.5) is 0 Å². The lowest BCUT2D eigenvalue weighted by atomic mass is 9.69. The fourth-order valence-electron chi connectivity index (χ4n) is 6.48. The summed E-state index contributed by atoms with van der Waals surface area (Å²) in [4.78, 5) is 18.6. The summed E-state index contributed by atoms with van der Waals surface area (Å²) in [5.41, 5.74) is -0.946. The zero-order valence-corrected chi connectivity index (χ0v) is 18.3. The Morgan fingerprint density at radius 1 is 1.33 bits per heavy atom. The van der Waals surface area contributed by atoms with Gasteiger partial charge >= 0.3 is 0 Å². The molecule has 0 radical (unpaired) electrons. The van der Waals surface area contributed by atoms with Crippen molar-refractivity contribution >= 4 is 21.8 Å². The lowest BCUT2D eigenvalue weighted by molar-refractivity contribution is -0.135. The van der Waals surface area contributed by atoms with E-state index in [0.29, 0.717) is 11.8 Å². The summed E-state index contributed by atoms with van der Waals surface area (Å²) in [6.07, 6.45) is 4.51. The summed E-state index contributed by atoms with van der Waals surface area (Å²) in [5, 5.41) is 0. The van der Waals surface area contributed by atoms with Crippen LogP contribution in [0, 0.1) is 16.7 Å². The van der Waals surface area contributed by atoms with Crippen molar-refractivity contribution < 1.29 is 17.9 Å². The molecule has 1 spiro atoms. The quantitative estimate of drug-likeness (QED) is 0.691. The Balaban J connectivity index is 1.56. The molecule has 2 bridgehead atoms. The summed E-state index contributed by atoms with van der Waals surface area (Å²) < 4.78 is 33.7. The van der Waals surface area contributed by atoms with Gasteiger partial charge in [0.1, 0.15) is 6.61 Å². The van der Waals surface area contributed by atoms with Crippen LogP contribution in [0.1, 0.15) is 45.1 Å². The predicted octanol–water partition coefficient (Wildman–Crippen LogP) is 3.15. The van der Waals surface area contributed by atoms with E-state index in [0.717, 1.165) is 24.8 Å². The highest BCUT2D eigenvalue weighted by Crippen LogP contribution is 2.70. The minimum atomic E-state index is -3.71. The topological polar surface area (TPSA) is 76.0 Å². The molecule has 2 aliphatic carbocycles. The summed E-state index contributed by atoms with van der Waals surface area (Å²) in [6, 6.07) is 9.11. The predicted molar refractivity (Wildman–Crippen MR) is 114 cm³/mol. The van der Waals surface area contributed by atoms with Crippen LogP contribution in [0.3, 0.4) is 0 Å². The molecule has 4 aliphatic rings. The molecule has 2 heterocycles. The van der Waals surface area contributed by atoms with Crippen molar-refractivity contribution in [3.63, 3.8) is 0 Å². The van der Waals surface area contributed by atoms with Crippen molar-refractivity contribution in [2.24, 2.45) is 21.7 Å². The highest BCUT2D eigenvalue weighted by molar-refractivity contribution is 7.90. The summed E-state index contributed by atoms with van der Waals surface area (Å²) in [7, 11) is -3.71. The Morgan fingerprint density at radius 2 is 2.07 bits per heavy atom. The first-order valence-corrected chi connectivity index (χ1v) is 12.2. The molecule has 160 valence electrons. The molecular weight excluding hydrogens is 400 g/mol. The zero-order valence-electron chi connectivity index (χ0n) is 17.5. The molecule has 4 atom stereocenters. The molecule has 5 rings (SSSR count). The van der Waals surface area contributed by atoms with Crippen LogP contribution in [0.15, 0.2) is 48.0 Å². The Hall–Kier alpha value is -2.15. The van der Waals surface area contributed by atoms with Crippen LogP contribution in [0.5, 0.6) is 0 Å². The maximum absolute atomic E-state index is 13.9. The standard InChI is InChI=1S/C23H28N2O4S/c1-4-11-23(14-29-19(24-23)16-8-6-5-7-9-16)20(26)25-18-13-17-10-12-22(18,21(17,2)3)15-30(25,27)28/h4-9,17-18H,1,10-15H2,2-3H3/t17-,18-,22-,23+/m1/s1. The molecule has 1 saturated heterocycles. The molecule has 0 aromatic heterocycles. The van der Waals surface area contributed by atoms with Crippen LogP contribution in [-0.2, 0) is 19.6 Å². The Kier molecular flexibility index (Phi) is 4.08. The van der Waals surface area contributed by atoms with Gasteiger partial charge in [0, 0.05) is 17.4 Å². The number of aliphatic imine (C=N–C) groups is 1. The van der Waals surface area contributed by atoms with Gasteiger partial charge in [0.05, 0.1) is 11.8 Å². The molecule has 3 fully saturated rings. The summed E-state index contributed by atoms with van der Waals surface area (Å²) >= 11 is 0. The van der Waals surface area contributed by atoms with Crippen molar-refractivity contribution in [3.8, 4) is 0 Å².